The minimum absolute atomic E-state index is 0. The van der Waals surface area contributed by atoms with Crippen molar-refractivity contribution >= 4 is 29.9 Å². The van der Waals surface area contributed by atoms with Gasteiger partial charge in [0, 0.05) is 14.1 Å². The van der Waals surface area contributed by atoms with E-state index in [0.29, 0.717) is 12.5 Å². The van der Waals surface area contributed by atoms with Crippen LogP contribution in [0.5, 0.6) is 0 Å². The van der Waals surface area contributed by atoms with Crippen molar-refractivity contribution in [3.8, 4) is 0 Å². The molecule has 7 heteroatoms. The quantitative estimate of drug-likeness (QED) is 0.386. The van der Waals surface area contributed by atoms with E-state index in [1.807, 2.05) is 18.5 Å². The first-order valence-corrected chi connectivity index (χ1v) is 8.81. The molecule has 2 aromatic rings. The van der Waals surface area contributed by atoms with E-state index in [2.05, 4.69) is 70.9 Å². The van der Waals surface area contributed by atoms with Gasteiger partial charge in [0.2, 0.25) is 0 Å². The monoisotopic (exact) mass is 470 g/mol. The highest BCUT2D eigenvalue weighted by atomic mass is 127. The number of hydrogen-bond acceptors (Lipinski definition) is 3. The highest BCUT2D eigenvalue weighted by Crippen LogP contribution is 2.15. The molecule has 0 aliphatic heterocycles. The minimum Gasteiger partial charge on any atom is -0.350 e. The van der Waals surface area contributed by atoms with Crippen molar-refractivity contribution in [2.75, 3.05) is 7.05 Å². The third kappa shape index (κ3) is 6.26. The van der Waals surface area contributed by atoms with E-state index in [0.717, 1.165) is 24.0 Å². The van der Waals surface area contributed by atoms with Crippen LogP contribution in [0.25, 0.3) is 0 Å². The molecule has 0 amide bonds. The fraction of sp³-hybridized carbons (Fsp3) is 0.526. The van der Waals surface area contributed by atoms with E-state index < -0.39 is 0 Å². The Hall–Kier alpha value is -1.64. The molecule has 0 saturated heterocycles. The Bertz CT molecular complexity index is 705. The van der Waals surface area contributed by atoms with Gasteiger partial charge in [-0.2, -0.15) is 0 Å². The zero-order valence-corrected chi connectivity index (χ0v) is 18.9. The van der Waals surface area contributed by atoms with Gasteiger partial charge in [-0.05, 0) is 37.3 Å². The first kappa shape index (κ1) is 22.4. The average molecular weight is 470 g/mol. The summed E-state index contributed by atoms with van der Waals surface area (Å²) in [6.07, 6.45) is 1.11. The van der Waals surface area contributed by atoms with E-state index in [1.54, 1.807) is 7.05 Å². The first-order chi connectivity index (χ1) is 11.9. The summed E-state index contributed by atoms with van der Waals surface area (Å²) in [5, 5.41) is 14.9. The summed E-state index contributed by atoms with van der Waals surface area (Å²) in [4.78, 5) is 4.30. The van der Waals surface area contributed by atoms with Gasteiger partial charge in [-0.25, -0.2) is 0 Å². The molecular weight excluding hydrogens is 439 g/mol. The van der Waals surface area contributed by atoms with Crippen LogP contribution >= 0.6 is 24.0 Å². The highest BCUT2D eigenvalue weighted by Gasteiger charge is 2.10. The summed E-state index contributed by atoms with van der Waals surface area (Å²) in [5.74, 6) is 3.20. The molecule has 2 rings (SSSR count). The Balaban J connectivity index is 0.00000338. The second-order valence-corrected chi connectivity index (χ2v) is 6.85. The van der Waals surface area contributed by atoms with Crippen molar-refractivity contribution in [2.45, 2.75) is 46.7 Å². The number of nitrogens with one attached hydrogen (secondary N) is 2. The number of guanidine groups is 1. The van der Waals surface area contributed by atoms with Gasteiger partial charge in [-0.15, -0.1) is 34.2 Å². The maximum atomic E-state index is 4.30. The SMILES string of the molecule is CN=C(NCc1nnc(C)n1C)NC(C)c1ccc(CC(C)C)cc1.I. The van der Waals surface area contributed by atoms with Crippen molar-refractivity contribution in [3.05, 3.63) is 47.0 Å². The second-order valence-electron chi connectivity index (χ2n) is 6.85. The smallest absolute Gasteiger partial charge is 0.191 e. The maximum absolute atomic E-state index is 4.30. The number of aryl methyl sites for hydroxylation is 1. The van der Waals surface area contributed by atoms with Crippen LogP contribution in [-0.4, -0.2) is 27.8 Å². The lowest BCUT2D eigenvalue weighted by Gasteiger charge is -2.18. The molecule has 1 heterocycles. The maximum Gasteiger partial charge on any atom is 0.191 e. The van der Waals surface area contributed by atoms with Gasteiger partial charge in [0.25, 0.3) is 0 Å². The molecule has 0 aliphatic carbocycles. The summed E-state index contributed by atoms with van der Waals surface area (Å²) < 4.78 is 1.97. The Labute approximate surface area is 173 Å². The third-order valence-electron chi connectivity index (χ3n) is 4.30. The molecule has 6 nitrogen and oxygen atoms in total. The number of aliphatic imine (C=N–C) groups is 1. The van der Waals surface area contributed by atoms with E-state index in [1.165, 1.54) is 11.1 Å². The Kier molecular flexibility index (Phi) is 9.04. The van der Waals surface area contributed by atoms with E-state index in [4.69, 9.17) is 0 Å². The van der Waals surface area contributed by atoms with Gasteiger partial charge in [0.1, 0.15) is 5.82 Å². The topological polar surface area (TPSA) is 67.1 Å². The summed E-state index contributed by atoms with van der Waals surface area (Å²) in [6.45, 7) is 9.14. The van der Waals surface area contributed by atoms with Gasteiger partial charge < -0.3 is 15.2 Å². The number of halogens is 1. The van der Waals surface area contributed by atoms with Crippen molar-refractivity contribution in [2.24, 2.45) is 18.0 Å². The molecule has 0 radical (unpaired) electrons. The van der Waals surface area contributed by atoms with Crippen molar-refractivity contribution in [1.82, 2.24) is 25.4 Å². The lowest BCUT2D eigenvalue weighted by atomic mass is 10.00. The van der Waals surface area contributed by atoms with Crippen molar-refractivity contribution in [3.63, 3.8) is 0 Å². The van der Waals surface area contributed by atoms with Crippen LogP contribution in [0.15, 0.2) is 29.3 Å². The standard InChI is InChI=1S/C19H30N6.HI/c1-13(2)11-16-7-9-17(10-8-16)14(3)22-19(20-5)21-12-18-24-23-15(4)25(18)6;/h7-10,13-14H,11-12H2,1-6H3,(H2,20,21,22);1H. The van der Waals surface area contributed by atoms with Crippen LogP contribution in [0.3, 0.4) is 0 Å². The van der Waals surface area contributed by atoms with Crippen LogP contribution < -0.4 is 10.6 Å². The Morgan fingerprint density at radius 1 is 1.15 bits per heavy atom. The van der Waals surface area contributed by atoms with E-state index in [-0.39, 0.29) is 30.0 Å². The normalized spacial score (nSPS) is 12.7. The van der Waals surface area contributed by atoms with Gasteiger partial charge in [-0.1, -0.05) is 38.1 Å². The van der Waals surface area contributed by atoms with Gasteiger partial charge in [-0.3, -0.25) is 4.99 Å². The van der Waals surface area contributed by atoms with Crippen LogP contribution in [0, 0.1) is 12.8 Å². The summed E-state index contributed by atoms with van der Waals surface area (Å²) in [6, 6.07) is 8.97. The largest absolute Gasteiger partial charge is 0.350 e. The second kappa shape index (κ2) is 10.5. The Morgan fingerprint density at radius 3 is 2.31 bits per heavy atom. The van der Waals surface area contributed by atoms with Crippen molar-refractivity contribution in [1.29, 1.82) is 0 Å². The highest BCUT2D eigenvalue weighted by molar-refractivity contribution is 14.0. The molecule has 0 spiro atoms. The van der Waals surface area contributed by atoms with Crippen LogP contribution in [0.2, 0.25) is 0 Å². The molecule has 1 atom stereocenters. The number of hydrogen-bond donors (Lipinski definition) is 2. The van der Waals surface area contributed by atoms with Crippen LogP contribution in [0.1, 0.15) is 49.6 Å². The fourth-order valence-corrected chi connectivity index (χ4v) is 2.66. The average Bonchev–Trinajstić information content (AvgIpc) is 2.90. The lowest BCUT2D eigenvalue weighted by molar-refractivity contribution is 0.645. The summed E-state index contributed by atoms with van der Waals surface area (Å²) in [7, 11) is 3.74. The van der Waals surface area contributed by atoms with Crippen LogP contribution in [-0.2, 0) is 20.0 Å². The first-order valence-electron chi connectivity index (χ1n) is 8.81. The van der Waals surface area contributed by atoms with Crippen molar-refractivity contribution < 1.29 is 0 Å². The molecule has 0 bridgehead atoms. The molecule has 0 fully saturated rings. The third-order valence-corrected chi connectivity index (χ3v) is 4.30. The predicted octanol–water partition coefficient (Wildman–Crippen LogP) is 3.37. The fourth-order valence-electron chi connectivity index (χ4n) is 2.66. The summed E-state index contributed by atoms with van der Waals surface area (Å²) in [5.41, 5.74) is 2.62. The minimum atomic E-state index is 0. The number of benzene rings is 1. The molecule has 144 valence electrons. The summed E-state index contributed by atoms with van der Waals surface area (Å²) >= 11 is 0. The Morgan fingerprint density at radius 2 is 1.81 bits per heavy atom. The number of rotatable bonds is 6. The molecule has 26 heavy (non-hydrogen) atoms. The molecule has 1 aromatic heterocycles. The van der Waals surface area contributed by atoms with Gasteiger partial charge in [0.15, 0.2) is 11.8 Å². The zero-order chi connectivity index (χ0) is 18.4. The molecule has 1 unspecified atom stereocenters. The van der Waals surface area contributed by atoms with Gasteiger partial charge >= 0.3 is 0 Å². The van der Waals surface area contributed by atoms with Crippen LogP contribution in [0.4, 0.5) is 0 Å². The lowest BCUT2D eigenvalue weighted by Crippen LogP contribution is -2.38. The van der Waals surface area contributed by atoms with E-state index in [9.17, 15) is 0 Å². The number of aromatic nitrogens is 3. The molecule has 2 N–H and O–H groups in total. The molecule has 0 aliphatic rings. The predicted molar refractivity (Wildman–Crippen MR) is 118 cm³/mol. The number of nitrogens with zero attached hydrogens (tertiary/aromatic N) is 4. The van der Waals surface area contributed by atoms with E-state index >= 15 is 0 Å². The molecular formula is C19H31IN6. The molecule has 1 aromatic carbocycles. The zero-order valence-electron chi connectivity index (χ0n) is 16.6. The molecule has 0 saturated carbocycles. The van der Waals surface area contributed by atoms with Gasteiger partial charge in [0.05, 0.1) is 12.6 Å².